The second-order valence-electron chi connectivity index (χ2n) is 8.12. The van der Waals surface area contributed by atoms with Gasteiger partial charge in [-0.2, -0.15) is 0 Å². The third-order valence-electron chi connectivity index (χ3n) is 4.66. The van der Waals surface area contributed by atoms with Gasteiger partial charge in [0, 0.05) is 29.5 Å². The Bertz CT molecular complexity index is 1040. The molecule has 1 aromatic heterocycles. The average Bonchev–Trinajstić information content (AvgIpc) is 3.19. The smallest absolute Gasteiger partial charge is 0.269 e. The Labute approximate surface area is 185 Å². The van der Waals surface area contributed by atoms with Crippen molar-refractivity contribution in [1.82, 2.24) is 4.98 Å². The number of nitrogens with one attached hydrogen (secondary N) is 1. The molecule has 3 aromatic rings. The van der Waals surface area contributed by atoms with E-state index in [1.807, 2.05) is 12.1 Å². The van der Waals surface area contributed by atoms with Gasteiger partial charge in [-0.05, 0) is 41.7 Å². The average molecular weight is 440 g/mol. The lowest BCUT2D eigenvalue weighted by Crippen LogP contribution is -2.13. The number of nitrogens with zero attached hydrogens (tertiary/aromatic N) is 2. The Morgan fingerprint density at radius 1 is 1.13 bits per heavy atom. The quantitative estimate of drug-likeness (QED) is 0.271. The Morgan fingerprint density at radius 3 is 2.42 bits per heavy atom. The molecule has 0 saturated carbocycles. The van der Waals surface area contributed by atoms with E-state index in [1.54, 1.807) is 17.5 Å². The number of hydrogen-bond donors (Lipinski definition) is 1. The van der Waals surface area contributed by atoms with Gasteiger partial charge in [-0.1, -0.05) is 32.9 Å². The van der Waals surface area contributed by atoms with Crippen LogP contribution in [0.4, 0.5) is 10.8 Å². The second-order valence-corrected chi connectivity index (χ2v) is 8.97. The molecular weight excluding hydrogens is 414 g/mol. The highest BCUT2D eigenvalue weighted by molar-refractivity contribution is 7.14. The highest BCUT2D eigenvalue weighted by Gasteiger charge is 2.13. The minimum Gasteiger partial charge on any atom is -0.494 e. The highest BCUT2D eigenvalue weighted by Crippen LogP contribution is 2.27. The van der Waals surface area contributed by atoms with Crippen molar-refractivity contribution in [2.75, 3.05) is 11.9 Å². The van der Waals surface area contributed by atoms with Crippen molar-refractivity contribution in [2.45, 2.75) is 39.0 Å². The predicted molar refractivity (Wildman–Crippen MR) is 123 cm³/mol. The maximum absolute atomic E-state index is 12.2. The van der Waals surface area contributed by atoms with Crippen LogP contribution in [0, 0.1) is 10.1 Å². The molecule has 1 amide bonds. The topological polar surface area (TPSA) is 94.4 Å². The van der Waals surface area contributed by atoms with E-state index in [4.69, 9.17) is 4.74 Å². The summed E-state index contributed by atoms with van der Waals surface area (Å²) >= 11 is 1.31. The summed E-state index contributed by atoms with van der Waals surface area (Å²) in [5, 5.41) is 15.8. The molecule has 0 aliphatic carbocycles. The molecule has 0 saturated heterocycles. The zero-order valence-corrected chi connectivity index (χ0v) is 18.6. The van der Waals surface area contributed by atoms with Crippen LogP contribution in [0.15, 0.2) is 53.9 Å². The van der Waals surface area contributed by atoms with E-state index in [9.17, 15) is 14.9 Å². The normalized spacial score (nSPS) is 11.2. The lowest BCUT2D eigenvalue weighted by Gasteiger charge is -2.19. The van der Waals surface area contributed by atoms with Gasteiger partial charge in [0.15, 0.2) is 5.13 Å². The molecule has 1 N–H and O–H groups in total. The zero-order chi connectivity index (χ0) is 22.4. The van der Waals surface area contributed by atoms with Gasteiger partial charge in [-0.25, -0.2) is 4.98 Å². The molecule has 0 radical (unpaired) electrons. The number of hydrogen-bond acceptors (Lipinski definition) is 6. The first-order valence-corrected chi connectivity index (χ1v) is 10.8. The van der Waals surface area contributed by atoms with Crippen molar-refractivity contribution < 1.29 is 14.5 Å². The fourth-order valence-electron chi connectivity index (χ4n) is 2.87. The molecule has 3 rings (SSSR count). The number of carbonyl (C=O) groups excluding carboxylic acids is 1. The number of anilines is 1. The molecule has 0 spiro atoms. The third-order valence-corrected chi connectivity index (χ3v) is 5.42. The zero-order valence-electron chi connectivity index (χ0n) is 17.8. The van der Waals surface area contributed by atoms with Gasteiger partial charge in [0.2, 0.25) is 5.91 Å². The summed E-state index contributed by atoms with van der Waals surface area (Å²) in [7, 11) is 0. The first-order chi connectivity index (χ1) is 14.7. The molecular formula is C23H25N3O4S. The number of carbonyl (C=O) groups is 1. The van der Waals surface area contributed by atoms with E-state index in [-0.39, 0.29) is 17.0 Å². The van der Waals surface area contributed by atoms with Crippen molar-refractivity contribution in [3.8, 4) is 17.0 Å². The minimum absolute atomic E-state index is 0.0277. The minimum atomic E-state index is -0.443. The van der Waals surface area contributed by atoms with Gasteiger partial charge < -0.3 is 10.1 Å². The second kappa shape index (κ2) is 9.70. The third kappa shape index (κ3) is 6.36. The molecule has 1 heterocycles. The number of nitro benzene ring substituents is 1. The van der Waals surface area contributed by atoms with Crippen LogP contribution in [0.2, 0.25) is 0 Å². The number of rotatable bonds is 8. The van der Waals surface area contributed by atoms with Gasteiger partial charge in [0.05, 0.1) is 17.2 Å². The van der Waals surface area contributed by atoms with Crippen LogP contribution in [0.3, 0.4) is 0 Å². The summed E-state index contributed by atoms with van der Waals surface area (Å²) in [4.78, 5) is 26.9. The molecule has 0 aliphatic heterocycles. The molecule has 0 unspecified atom stereocenters. The number of aromatic nitrogens is 1. The molecule has 8 heteroatoms. The molecule has 162 valence electrons. The van der Waals surface area contributed by atoms with Crippen molar-refractivity contribution in [2.24, 2.45) is 0 Å². The molecule has 0 atom stereocenters. The van der Waals surface area contributed by atoms with E-state index < -0.39 is 4.92 Å². The lowest BCUT2D eigenvalue weighted by molar-refractivity contribution is -0.384. The predicted octanol–water partition coefficient (Wildman–Crippen LogP) is 5.81. The van der Waals surface area contributed by atoms with Gasteiger partial charge in [0.25, 0.3) is 5.69 Å². The lowest BCUT2D eigenvalue weighted by atomic mass is 9.87. The monoisotopic (exact) mass is 439 g/mol. The van der Waals surface area contributed by atoms with Gasteiger partial charge in [-0.3, -0.25) is 14.9 Å². The number of nitro groups is 1. The van der Waals surface area contributed by atoms with E-state index in [2.05, 4.69) is 43.2 Å². The standard InChI is InChI=1S/C23H25N3O4S/c1-23(2,3)17-8-12-19(13-9-17)30-14-4-5-21(27)25-22-24-20(15-31-22)16-6-10-18(11-7-16)26(28)29/h6-13,15H,4-5,14H2,1-3H3,(H,24,25,27). The van der Waals surface area contributed by atoms with Gasteiger partial charge in [0.1, 0.15) is 5.75 Å². The number of non-ortho nitro benzene ring substituents is 1. The molecule has 31 heavy (non-hydrogen) atoms. The first kappa shape index (κ1) is 22.4. The summed E-state index contributed by atoms with van der Waals surface area (Å²) in [6.45, 7) is 6.95. The summed E-state index contributed by atoms with van der Waals surface area (Å²) in [6.07, 6.45) is 0.917. The van der Waals surface area contributed by atoms with Crippen molar-refractivity contribution in [3.63, 3.8) is 0 Å². The summed E-state index contributed by atoms with van der Waals surface area (Å²) < 4.78 is 5.72. The van der Waals surface area contributed by atoms with Crippen LogP contribution in [-0.2, 0) is 10.2 Å². The van der Waals surface area contributed by atoms with E-state index in [0.717, 1.165) is 11.3 Å². The molecule has 0 bridgehead atoms. The van der Waals surface area contributed by atoms with Crippen LogP contribution in [-0.4, -0.2) is 22.4 Å². The van der Waals surface area contributed by atoms with Crippen LogP contribution in [0.5, 0.6) is 5.75 Å². The summed E-state index contributed by atoms with van der Waals surface area (Å²) in [6, 6.07) is 14.2. The summed E-state index contributed by atoms with van der Waals surface area (Å²) in [5.41, 5.74) is 2.80. The highest BCUT2D eigenvalue weighted by atomic mass is 32.1. The number of amides is 1. The maximum atomic E-state index is 12.2. The first-order valence-electron chi connectivity index (χ1n) is 9.96. The van der Waals surface area contributed by atoms with Crippen molar-refractivity contribution in [3.05, 3.63) is 69.6 Å². The fraction of sp³-hybridized carbons (Fsp3) is 0.304. The number of thiazole rings is 1. The van der Waals surface area contributed by atoms with Crippen molar-refractivity contribution in [1.29, 1.82) is 0 Å². The van der Waals surface area contributed by atoms with E-state index >= 15 is 0 Å². The summed E-state index contributed by atoms with van der Waals surface area (Å²) in [5.74, 6) is 0.664. The Balaban J connectivity index is 1.43. The Morgan fingerprint density at radius 2 is 1.81 bits per heavy atom. The maximum Gasteiger partial charge on any atom is 0.269 e. The fourth-order valence-corrected chi connectivity index (χ4v) is 3.61. The molecule has 2 aromatic carbocycles. The van der Waals surface area contributed by atoms with Crippen LogP contribution in [0.25, 0.3) is 11.3 Å². The Hall–Kier alpha value is -3.26. The van der Waals surface area contributed by atoms with E-state index in [0.29, 0.717) is 30.3 Å². The Kier molecular flexibility index (Phi) is 7.02. The van der Waals surface area contributed by atoms with Crippen LogP contribution in [0.1, 0.15) is 39.2 Å². The van der Waals surface area contributed by atoms with Gasteiger partial charge >= 0.3 is 0 Å². The van der Waals surface area contributed by atoms with Crippen LogP contribution >= 0.6 is 11.3 Å². The van der Waals surface area contributed by atoms with Crippen molar-refractivity contribution >= 4 is 28.1 Å². The molecule has 7 nitrogen and oxygen atoms in total. The van der Waals surface area contributed by atoms with E-state index in [1.165, 1.54) is 29.0 Å². The number of benzene rings is 2. The van der Waals surface area contributed by atoms with Gasteiger partial charge in [-0.15, -0.1) is 11.3 Å². The molecule has 0 fully saturated rings. The van der Waals surface area contributed by atoms with Crippen LogP contribution < -0.4 is 10.1 Å². The SMILES string of the molecule is CC(C)(C)c1ccc(OCCCC(=O)Nc2nc(-c3ccc([N+](=O)[O-])cc3)cs2)cc1. The number of ether oxygens (including phenoxy) is 1. The largest absolute Gasteiger partial charge is 0.494 e. The molecule has 0 aliphatic rings.